The van der Waals surface area contributed by atoms with E-state index in [9.17, 15) is 13.2 Å². The summed E-state index contributed by atoms with van der Waals surface area (Å²) in [5.74, 6) is 0. The van der Waals surface area contributed by atoms with Crippen LogP contribution in [0.5, 0.6) is 0 Å². The fourth-order valence-corrected chi connectivity index (χ4v) is 0.737. The van der Waals surface area contributed by atoms with Crippen molar-refractivity contribution in [2.45, 2.75) is 32.9 Å². The Bertz CT molecular complexity index is 121. The van der Waals surface area contributed by atoms with E-state index >= 15 is 0 Å². The molecule has 0 rings (SSSR count). The molecule has 0 aliphatic rings. The van der Waals surface area contributed by atoms with E-state index in [-0.39, 0.29) is 0 Å². The van der Waals surface area contributed by atoms with Gasteiger partial charge in [-0.2, -0.15) is 13.2 Å². The Morgan fingerprint density at radius 1 is 1.40 bits per heavy atom. The Hall–Kier alpha value is -0.470. The summed E-state index contributed by atoms with van der Waals surface area (Å²) < 4.78 is 34.8. The first kappa shape index (κ1) is 9.53. The average Bonchev–Trinajstić information content (AvgIpc) is 1.59. The van der Waals surface area contributed by atoms with Crippen molar-refractivity contribution < 1.29 is 13.2 Å². The zero-order valence-electron chi connectivity index (χ0n) is 6.13. The molecule has 0 radical (unpaired) electrons. The third-order valence-electron chi connectivity index (χ3n) is 1.03. The van der Waals surface area contributed by atoms with Crippen LogP contribution in [0.3, 0.4) is 0 Å². The number of allylic oxidation sites excluding steroid dienone is 2. The number of alkyl halides is 3. The first-order valence-corrected chi connectivity index (χ1v) is 3.18. The van der Waals surface area contributed by atoms with Crippen molar-refractivity contribution in [3.8, 4) is 0 Å². The lowest BCUT2D eigenvalue weighted by atomic mass is 10.2. The molecule has 0 amide bonds. The van der Waals surface area contributed by atoms with Gasteiger partial charge in [0, 0.05) is 0 Å². The van der Waals surface area contributed by atoms with Gasteiger partial charge in [0.15, 0.2) is 0 Å². The van der Waals surface area contributed by atoms with Crippen LogP contribution in [0.1, 0.15) is 26.7 Å². The SMILES string of the molecule is CCC=C(C)CC(F)(F)F. The quantitative estimate of drug-likeness (QED) is 0.532. The fraction of sp³-hybridized carbons (Fsp3) is 0.714. The monoisotopic (exact) mass is 152 g/mol. The Morgan fingerprint density at radius 2 is 1.90 bits per heavy atom. The van der Waals surface area contributed by atoms with Crippen LogP contribution >= 0.6 is 0 Å². The van der Waals surface area contributed by atoms with Gasteiger partial charge in [0.2, 0.25) is 0 Å². The maximum atomic E-state index is 11.6. The van der Waals surface area contributed by atoms with Crippen LogP contribution in [0.2, 0.25) is 0 Å². The highest BCUT2D eigenvalue weighted by molar-refractivity contribution is 4.98. The van der Waals surface area contributed by atoms with E-state index in [4.69, 9.17) is 0 Å². The molecular weight excluding hydrogens is 141 g/mol. The fourth-order valence-electron chi connectivity index (χ4n) is 0.737. The minimum atomic E-state index is -4.05. The number of halogens is 3. The molecule has 0 spiro atoms. The number of hydrogen-bond acceptors (Lipinski definition) is 0. The summed E-state index contributed by atoms with van der Waals surface area (Å²) in [6.07, 6.45) is -2.56. The van der Waals surface area contributed by atoms with Gasteiger partial charge in [0.05, 0.1) is 6.42 Å². The van der Waals surface area contributed by atoms with E-state index in [1.807, 2.05) is 6.92 Å². The minimum absolute atomic E-state index is 0.398. The van der Waals surface area contributed by atoms with Crippen LogP contribution in [0.4, 0.5) is 13.2 Å². The zero-order chi connectivity index (χ0) is 8.20. The second-order valence-corrected chi connectivity index (χ2v) is 2.25. The smallest absolute Gasteiger partial charge is 0.171 e. The van der Waals surface area contributed by atoms with Crippen molar-refractivity contribution in [3.63, 3.8) is 0 Å². The summed E-state index contributed by atoms with van der Waals surface area (Å²) in [6.45, 7) is 3.32. The molecule has 0 aromatic heterocycles. The van der Waals surface area contributed by atoms with Gasteiger partial charge in [-0.25, -0.2) is 0 Å². The molecule has 0 aliphatic carbocycles. The van der Waals surface area contributed by atoms with Crippen molar-refractivity contribution in [3.05, 3.63) is 11.6 Å². The van der Waals surface area contributed by atoms with Crippen LogP contribution in [0.25, 0.3) is 0 Å². The average molecular weight is 152 g/mol. The largest absolute Gasteiger partial charge is 0.392 e. The molecule has 0 aromatic carbocycles. The van der Waals surface area contributed by atoms with Gasteiger partial charge in [0.25, 0.3) is 0 Å². The van der Waals surface area contributed by atoms with E-state index in [1.165, 1.54) is 6.92 Å². The molecule has 10 heavy (non-hydrogen) atoms. The summed E-state index contributed by atoms with van der Waals surface area (Å²) in [7, 11) is 0. The second kappa shape index (κ2) is 3.64. The molecule has 0 nitrogen and oxygen atoms in total. The number of rotatable bonds is 2. The molecular formula is C7H11F3. The Labute approximate surface area is 58.7 Å². The van der Waals surface area contributed by atoms with Gasteiger partial charge in [-0.05, 0) is 13.3 Å². The van der Waals surface area contributed by atoms with Gasteiger partial charge in [-0.3, -0.25) is 0 Å². The van der Waals surface area contributed by atoms with Crippen LogP contribution < -0.4 is 0 Å². The molecule has 3 heteroatoms. The maximum absolute atomic E-state index is 11.6. The molecule has 0 heterocycles. The van der Waals surface area contributed by atoms with Crippen LogP contribution in [0, 0.1) is 0 Å². The highest BCUT2D eigenvalue weighted by atomic mass is 19.4. The van der Waals surface area contributed by atoms with Crippen LogP contribution in [-0.2, 0) is 0 Å². The highest BCUT2D eigenvalue weighted by Crippen LogP contribution is 2.23. The third-order valence-corrected chi connectivity index (χ3v) is 1.03. The van der Waals surface area contributed by atoms with Gasteiger partial charge in [0.1, 0.15) is 0 Å². The standard InChI is InChI=1S/C7H11F3/c1-3-4-6(2)5-7(8,9)10/h4H,3,5H2,1-2H3. The molecule has 0 saturated carbocycles. The van der Waals surface area contributed by atoms with Gasteiger partial charge in [-0.1, -0.05) is 18.6 Å². The Kier molecular flexibility index (Phi) is 3.47. The summed E-state index contributed by atoms with van der Waals surface area (Å²) in [4.78, 5) is 0. The van der Waals surface area contributed by atoms with Gasteiger partial charge >= 0.3 is 6.18 Å². The van der Waals surface area contributed by atoms with E-state index in [0.29, 0.717) is 12.0 Å². The van der Waals surface area contributed by atoms with Gasteiger partial charge < -0.3 is 0 Å². The van der Waals surface area contributed by atoms with Crippen molar-refractivity contribution in [2.24, 2.45) is 0 Å². The first-order chi connectivity index (χ1) is 4.45. The van der Waals surface area contributed by atoms with E-state index < -0.39 is 12.6 Å². The second-order valence-electron chi connectivity index (χ2n) is 2.25. The van der Waals surface area contributed by atoms with Crippen molar-refractivity contribution in [2.75, 3.05) is 0 Å². The lowest BCUT2D eigenvalue weighted by Gasteiger charge is -2.04. The normalized spacial score (nSPS) is 13.9. The topological polar surface area (TPSA) is 0 Å². The van der Waals surface area contributed by atoms with E-state index in [2.05, 4.69) is 0 Å². The highest BCUT2D eigenvalue weighted by Gasteiger charge is 2.26. The molecule has 0 N–H and O–H groups in total. The first-order valence-electron chi connectivity index (χ1n) is 3.18. The lowest BCUT2D eigenvalue weighted by Crippen LogP contribution is -2.06. The van der Waals surface area contributed by atoms with Crippen molar-refractivity contribution >= 4 is 0 Å². The molecule has 0 atom stereocenters. The third kappa shape index (κ3) is 5.66. The molecule has 0 unspecified atom stereocenters. The summed E-state index contributed by atoms with van der Waals surface area (Å²) in [5, 5.41) is 0. The minimum Gasteiger partial charge on any atom is -0.171 e. The number of hydrogen-bond donors (Lipinski definition) is 0. The van der Waals surface area contributed by atoms with Crippen LogP contribution in [-0.4, -0.2) is 6.18 Å². The summed E-state index contributed by atoms with van der Waals surface area (Å²) in [5.41, 5.74) is 0.398. The van der Waals surface area contributed by atoms with Crippen LogP contribution in [0.15, 0.2) is 11.6 Å². The van der Waals surface area contributed by atoms with Crippen molar-refractivity contribution in [1.82, 2.24) is 0 Å². The van der Waals surface area contributed by atoms with Crippen molar-refractivity contribution in [1.29, 1.82) is 0 Å². The zero-order valence-corrected chi connectivity index (χ0v) is 6.13. The summed E-state index contributed by atoms with van der Waals surface area (Å²) >= 11 is 0. The predicted octanol–water partition coefficient (Wildman–Crippen LogP) is 3.30. The predicted molar refractivity (Wildman–Crippen MR) is 34.7 cm³/mol. The summed E-state index contributed by atoms with van der Waals surface area (Å²) in [6, 6.07) is 0. The Balaban J connectivity index is 3.79. The molecule has 0 fully saturated rings. The molecule has 0 bridgehead atoms. The maximum Gasteiger partial charge on any atom is 0.392 e. The Morgan fingerprint density at radius 3 is 2.20 bits per heavy atom. The molecule has 0 aromatic rings. The molecule has 0 aliphatic heterocycles. The van der Waals surface area contributed by atoms with E-state index in [0.717, 1.165) is 0 Å². The van der Waals surface area contributed by atoms with E-state index in [1.54, 1.807) is 6.08 Å². The van der Waals surface area contributed by atoms with Gasteiger partial charge in [-0.15, -0.1) is 0 Å². The molecule has 60 valence electrons. The molecule has 0 saturated heterocycles. The lowest BCUT2D eigenvalue weighted by molar-refractivity contribution is -0.127.